The quantitative estimate of drug-likeness (QED) is 0.380. The molecule has 0 bridgehead atoms. The molecule has 0 spiro atoms. The van der Waals surface area contributed by atoms with Crippen LogP contribution in [0.4, 0.5) is 0 Å². The minimum Gasteiger partial charge on any atom is -0.496 e. The molecule has 0 heterocycles. The average molecular weight is 413 g/mol. The second-order valence-electron chi connectivity index (χ2n) is 9.02. The van der Waals surface area contributed by atoms with Gasteiger partial charge in [0.25, 0.3) is 0 Å². The van der Waals surface area contributed by atoms with E-state index in [0.717, 1.165) is 16.9 Å². The molecule has 5 nitrogen and oxygen atoms in total. The van der Waals surface area contributed by atoms with Crippen LogP contribution >= 0.6 is 7.60 Å². The van der Waals surface area contributed by atoms with Gasteiger partial charge >= 0.3 is 7.60 Å². The lowest BCUT2D eigenvalue weighted by Gasteiger charge is -2.30. The van der Waals surface area contributed by atoms with Crippen molar-refractivity contribution in [3.8, 4) is 5.75 Å². The summed E-state index contributed by atoms with van der Waals surface area (Å²) in [6.45, 7) is 18.0. The van der Waals surface area contributed by atoms with E-state index in [-0.39, 0.29) is 29.8 Å². The van der Waals surface area contributed by atoms with E-state index in [1.165, 1.54) is 0 Å². The van der Waals surface area contributed by atoms with Crippen LogP contribution in [0.3, 0.4) is 0 Å². The van der Waals surface area contributed by atoms with Gasteiger partial charge in [0.1, 0.15) is 11.4 Å². The van der Waals surface area contributed by atoms with Gasteiger partial charge < -0.3 is 13.8 Å². The van der Waals surface area contributed by atoms with Crippen LogP contribution in [0.15, 0.2) is 12.1 Å². The van der Waals surface area contributed by atoms with Crippen LogP contribution in [0.5, 0.6) is 5.75 Å². The molecular formula is C22H37O5P. The Morgan fingerprint density at radius 2 is 1.36 bits per heavy atom. The first-order chi connectivity index (χ1) is 12.7. The molecule has 0 aliphatic heterocycles. The first-order valence-corrected chi connectivity index (χ1v) is 11.5. The molecule has 0 N–H and O–H groups in total. The minimum absolute atomic E-state index is 0.220. The Balaban J connectivity index is 3.64. The summed E-state index contributed by atoms with van der Waals surface area (Å²) in [5.74, 6) is 0.547. The van der Waals surface area contributed by atoms with Gasteiger partial charge in [-0.1, -0.05) is 41.5 Å². The number of carbonyl (C=O) groups is 1. The van der Waals surface area contributed by atoms with Crippen molar-refractivity contribution >= 4 is 13.4 Å². The average Bonchev–Trinajstić information content (AvgIpc) is 2.58. The Bertz CT molecular complexity index is 695. The predicted octanol–water partition coefficient (Wildman–Crippen LogP) is 6.13. The van der Waals surface area contributed by atoms with Crippen molar-refractivity contribution < 1.29 is 23.1 Å². The van der Waals surface area contributed by atoms with E-state index in [2.05, 4.69) is 41.5 Å². The maximum atomic E-state index is 13.3. The van der Waals surface area contributed by atoms with Crippen molar-refractivity contribution in [2.45, 2.75) is 78.8 Å². The third-order valence-electron chi connectivity index (χ3n) is 4.67. The number of carbonyl (C=O) groups excluding carboxylic acids is 1. The van der Waals surface area contributed by atoms with Crippen LogP contribution < -0.4 is 4.74 Å². The monoisotopic (exact) mass is 412 g/mol. The number of hydrogen-bond donors (Lipinski definition) is 0. The summed E-state index contributed by atoms with van der Waals surface area (Å²) in [7, 11) is -1.89. The van der Waals surface area contributed by atoms with Gasteiger partial charge in [-0.2, -0.15) is 0 Å². The van der Waals surface area contributed by atoms with Crippen LogP contribution in [0.1, 0.15) is 83.8 Å². The number of rotatable bonds is 8. The zero-order valence-corrected chi connectivity index (χ0v) is 20.0. The summed E-state index contributed by atoms with van der Waals surface area (Å²) < 4.78 is 29.7. The number of benzene rings is 1. The van der Waals surface area contributed by atoms with Gasteiger partial charge in [0.15, 0.2) is 5.78 Å². The third kappa shape index (κ3) is 5.46. The molecule has 1 aromatic carbocycles. The zero-order valence-electron chi connectivity index (χ0n) is 19.1. The van der Waals surface area contributed by atoms with E-state index in [4.69, 9.17) is 13.8 Å². The van der Waals surface area contributed by atoms with Crippen molar-refractivity contribution in [1.82, 2.24) is 0 Å². The molecule has 0 saturated heterocycles. The lowest BCUT2D eigenvalue weighted by Crippen LogP contribution is -2.24. The molecule has 0 aromatic heterocycles. The summed E-state index contributed by atoms with van der Waals surface area (Å²) >= 11 is 0. The smallest absolute Gasteiger partial charge is 0.341 e. The van der Waals surface area contributed by atoms with Gasteiger partial charge in [0.05, 0.1) is 20.3 Å². The fraction of sp³-hybridized carbons (Fsp3) is 0.682. The molecule has 1 rings (SSSR count). The number of ketones is 1. The second kappa shape index (κ2) is 9.11. The Morgan fingerprint density at radius 3 is 1.64 bits per heavy atom. The van der Waals surface area contributed by atoms with Crippen molar-refractivity contribution in [3.63, 3.8) is 0 Å². The standard InChI is InChI=1S/C22H37O5P/c1-11-26-28(24,27-12-2)15(3)19(23)16-13-17(21(4,5)6)20(25-10)18(14-16)22(7,8)9/h13-15H,11-12H2,1-10H3. The number of Topliss-reactive ketones (excluding diaryl/α,β-unsaturated/α-hetero) is 1. The molecule has 28 heavy (non-hydrogen) atoms. The zero-order chi connectivity index (χ0) is 21.9. The summed E-state index contributed by atoms with van der Waals surface area (Å²) in [5.41, 5.74) is 1.05. The summed E-state index contributed by atoms with van der Waals surface area (Å²) in [6.07, 6.45) is 0. The fourth-order valence-corrected chi connectivity index (χ4v) is 4.79. The van der Waals surface area contributed by atoms with E-state index < -0.39 is 13.3 Å². The Morgan fingerprint density at radius 1 is 0.964 bits per heavy atom. The maximum Gasteiger partial charge on any atom is 0.341 e. The van der Waals surface area contributed by atoms with E-state index in [1.807, 2.05) is 12.1 Å². The van der Waals surface area contributed by atoms with Crippen molar-refractivity contribution in [1.29, 1.82) is 0 Å². The first kappa shape index (κ1) is 24.9. The molecular weight excluding hydrogens is 375 g/mol. The third-order valence-corrected chi connectivity index (χ3v) is 7.08. The molecule has 1 unspecified atom stereocenters. The molecule has 1 atom stereocenters. The highest BCUT2D eigenvalue weighted by Crippen LogP contribution is 2.54. The van der Waals surface area contributed by atoms with Crippen LogP contribution in [-0.4, -0.2) is 31.8 Å². The maximum absolute atomic E-state index is 13.3. The van der Waals surface area contributed by atoms with Crippen LogP contribution in [0.25, 0.3) is 0 Å². The second-order valence-corrected chi connectivity index (χ2v) is 11.4. The van der Waals surface area contributed by atoms with Gasteiger partial charge in [-0.05, 0) is 43.7 Å². The van der Waals surface area contributed by atoms with Crippen LogP contribution in [0.2, 0.25) is 0 Å². The van der Waals surface area contributed by atoms with Gasteiger partial charge in [-0.15, -0.1) is 0 Å². The van der Waals surface area contributed by atoms with E-state index in [1.54, 1.807) is 27.9 Å². The predicted molar refractivity (Wildman–Crippen MR) is 115 cm³/mol. The Labute approximate surface area is 170 Å². The van der Waals surface area contributed by atoms with Crippen molar-refractivity contribution in [3.05, 3.63) is 28.8 Å². The topological polar surface area (TPSA) is 61.8 Å². The van der Waals surface area contributed by atoms with Gasteiger partial charge in [0, 0.05) is 16.7 Å². The molecule has 0 aliphatic carbocycles. The molecule has 0 fully saturated rings. The van der Waals surface area contributed by atoms with Gasteiger partial charge in [0.2, 0.25) is 0 Å². The number of hydrogen-bond acceptors (Lipinski definition) is 5. The molecule has 1 aromatic rings. The summed E-state index contributed by atoms with van der Waals surface area (Å²) in [4.78, 5) is 13.3. The highest BCUT2D eigenvalue weighted by molar-refractivity contribution is 7.55. The SMILES string of the molecule is CCOP(=O)(OCC)C(C)C(=O)c1cc(C(C)(C)C)c(OC)c(C(C)(C)C)c1. The largest absolute Gasteiger partial charge is 0.496 e. The molecule has 0 radical (unpaired) electrons. The first-order valence-electron chi connectivity index (χ1n) is 9.88. The summed E-state index contributed by atoms with van der Waals surface area (Å²) in [6, 6.07) is 3.71. The van der Waals surface area contributed by atoms with Crippen molar-refractivity contribution in [2.75, 3.05) is 20.3 Å². The number of methoxy groups -OCH3 is 1. The van der Waals surface area contributed by atoms with Gasteiger partial charge in [-0.3, -0.25) is 9.36 Å². The van der Waals surface area contributed by atoms with Crippen molar-refractivity contribution in [2.24, 2.45) is 0 Å². The highest BCUT2D eigenvalue weighted by Gasteiger charge is 2.39. The number of ether oxygens (including phenoxy) is 1. The Hall–Kier alpha value is -1.16. The molecule has 0 saturated carbocycles. The van der Waals surface area contributed by atoms with E-state index in [0.29, 0.717) is 5.56 Å². The normalized spacial score (nSPS) is 14.1. The fourth-order valence-electron chi connectivity index (χ4n) is 3.11. The lowest BCUT2D eigenvalue weighted by molar-refractivity contribution is 0.0973. The molecule has 6 heteroatoms. The Kier molecular flexibility index (Phi) is 8.09. The molecule has 160 valence electrons. The van der Waals surface area contributed by atoms with E-state index in [9.17, 15) is 9.36 Å². The lowest BCUT2D eigenvalue weighted by atomic mass is 9.78. The van der Waals surface area contributed by atoms with Gasteiger partial charge in [-0.25, -0.2) is 0 Å². The highest BCUT2D eigenvalue weighted by atomic mass is 31.2. The molecule has 0 amide bonds. The summed E-state index contributed by atoms with van der Waals surface area (Å²) in [5, 5.41) is 0. The van der Waals surface area contributed by atoms with E-state index >= 15 is 0 Å². The minimum atomic E-state index is -3.54. The van der Waals surface area contributed by atoms with Crippen LogP contribution in [-0.2, 0) is 24.4 Å². The van der Waals surface area contributed by atoms with Crippen LogP contribution in [0, 0.1) is 0 Å². The molecule has 0 aliphatic rings.